The molecule has 0 aromatic heterocycles. The van der Waals surface area contributed by atoms with Crippen LogP contribution in [0.4, 0.5) is 5.69 Å². The molecular weight excluding hydrogens is 296 g/mol. The summed E-state index contributed by atoms with van der Waals surface area (Å²) in [6.07, 6.45) is 0.547. The Morgan fingerprint density at radius 2 is 2.28 bits per heavy atom. The average Bonchev–Trinajstić information content (AvgIpc) is 2.38. The van der Waals surface area contributed by atoms with Crippen molar-refractivity contribution in [2.45, 2.75) is 25.9 Å². The largest absolute Gasteiger partial charge is 0.369 e. The predicted octanol–water partition coefficient (Wildman–Crippen LogP) is 3.07. The molecule has 1 N–H and O–H groups in total. The van der Waals surface area contributed by atoms with Crippen LogP contribution in [0.5, 0.6) is 0 Å². The fourth-order valence-corrected chi connectivity index (χ4v) is 1.73. The molecule has 0 radical (unpaired) electrons. The number of amides is 1. The minimum absolute atomic E-state index is 0.262. The van der Waals surface area contributed by atoms with Gasteiger partial charge >= 0.3 is 0 Å². The number of halogens is 1. The highest BCUT2D eigenvalue weighted by atomic mass is 79.9. The molecule has 0 aliphatic heterocycles. The number of benzene rings is 1. The first kappa shape index (κ1) is 14.7. The van der Waals surface area contributed by atoms with Crippen molar-refractivity contribution in [2.24, 2.45) is 0 Å². The lowest BCUT2D eigenvalue weighted by Crippen LogP contribution is -2.41. The highest BCUT2D eigenvalue weighted by Crippen LogP contribution is 2.23. The topological polar surface area (TPSA) is 62.1 Å². The van der Waals surface area contributed by atoms with Gasteiger partial charge in [-0.15, -0.1) is 0 Å². The minimum atomic E-state index is -0.894. The van der Waals surface area contributed by atoms with Gasteiger partial charge in [-0.25, -0.2) is 0 Å². The van der Waals surface area contributed by atoms with Crippen LogP contribution < -0.4 is 5.32 Å². The molecule has 1 unspecified atom stereocenters. The van der Waals surface area contributed by atoms with Gasteiger partial charge in [-0.2, -0.15) is 5.26 Å². The highest BCUT2D eigenvalue weighted by molar-refractivity contribution is 9.10. The summed E-state index contributed by atoms with van der Waals surface area (Å²) in [5.41, 5.74) is 0.00407. The standard InChI is InChI=1S/C13H15BrN2O2/c1-4-13(2,18-3)12(17)16-11-7-10(14)6-5-9(11)8-15/h5-7H,4H2,1-3H3,(H,16,17). The second kappa shape index (κ2) is 5.98. The average molecular weight is 311 g/mol. The zero-order valence-electron chi connectivity index (χ0n) is 10.6. The third-order valence-corrected chi connectivity index (χ3v) is 3.45. The van der Waals surface area contributed by atoms with E-state index in [1.54, 1.807) is 25.1 Å². The molecular formula is C13H15BrN2O2. The molecule has 0 aliphatic carbocycles. The Kier molecular flexibility index (Phi) is 4.88. The summed E-state index contributed by atoms with van der Waals surface area (Å²) in [5, 5.41) is 11.7. The minimum Gasteiger partial charge on any atom is -0.369 e. The lowest BCUT2D eigenvalue weighted by molar-refractivity contribution is -0.136. The lowest BCUT2D eigenvalue weighted by atomic mass is 10.0. The Morgan fingerprint density at radius 3 is 2.78 bits per heavy atom. The Balaban J connectivity index is 3.02. The maximum absolute atomic E-state index is 12.1. The van der Waals surface area contributed by atoms with E-state index in [4.69, 9.17) is 10.00 Å². The molecule has 1 rings (SSSR count). The van der Waals surface area contributed by atoms with Crippen LogP contribution in [-0.4, -0.2) is 18.6 Å². The monoisotopic (exact) mass is 310 g/mol. The van der Waals surface area contributed by atoms with Crippen molar-refractivity contribution in [3.05, 3.63) is 28.2 Å². The molecule has 1 amide bonds. The summed E-state index contributed by atoms with van der Waals surface area (Å²) >= 11 is 3.31. The van der Waals surface area contributed by atoms with E-state index in [1.165, 1.54) is 7.11 Å². The van der Waals surface area contributed by atoms with Crippen molar-refractivity contribution in [1.29, 1.82) is 5.26 Å². The van der Waals surface area contributed by atoms with Crippen LogP contribution in [0.1, 0.15) is 25.8 Å². The number of carbonyl (C=O) groups excluding carboxylic acids is 1. The number of nitrogens with one attached hydrogen (secondary N) is 1. The van der Waals surface area contributed by atoms with E-state index >= 15 is 0 Å². The number of rotatable bonds is 4. The first-order chi connectivity index (χ1) is 8.46. The number of hydrogen-bond donors (Lipinski definition) is 1. The van der Waals surface area contributed by atoms with Gasteiger partial charge in [0.25, 0.3) is 5.91 Å². The van der Waals surface area contributed by atoms with Gasteiger partial charge in [0.15, 0.2) is 0 Å². The van der Waals surface area contributed by atoms with Gasteiger partial charge in [0.05, 0.1) is 11.3 Å². The zero-order valence-corrected chi connectivity index (χ0v) is 12.2. The van der Waals surface area contributed by atoms with Crippen LogP contribution >= 0.6 is 15.9 Å². The molecule has 4 nitrogen and oxygen atoms in total. The molecule has 0 heterocycles. The molecule has 0 spiro atoms. The van der Waals surface area contributed by atoms with E-state index in [2.05, 4.69) is 21.2 Å². The SMILES string of the molecule is CCC(C)(OC)C(=O)Nc1cc(Br)ccc1C#N. The van der Waals surface area contributed by atoms with Crippen LogP contribution in [0.25, 0.3) is 0 Å². The molecule has 0 aliphatic rings. The molecule has 5 heteroatoms. The summed E-state index contributed by atoms with van der Waals surface area (Å²) in [7, 11) is 1.50. The maximum atomic E-state index is 12.1. The van der Waals surface area contributed by atoms with Gasteiger partial charge in [0, 0.05) is 11.6 Å². The summed E-state index contributed by atoms with van der Waals surface area (Å²) in [4.78, 5) is 12.1. The summed E-state index contributed by atoms with van der Waals surface area (Å²) in [6.45, 7) is 3.58. The molecule has 0 saturated heterocycles. The van der Waals surface area contributed by atoms with Crippen molar-refractivity contribution in [3.8, 4) is 6.07 Å². The van der Waals surface area contributed by atoms with Gasteiger partial charge in [-0.05, 0) is 31.5 Å². The fourth-order valence-electron chi connectivity index (χ4n) is 1.37. The second-order valence-corrected chi connectivity index (χ2v) is 4.96. The van der Waals surface area contributed by atoms with Gasteiger partial charge in [-0.3, -0.25) is 4.79 Å². The number of anilines is 1. The van der Waals surface area contributed by atoms with Crippen LogP contribution in [0.3, 0.4) is 0 Å². The Hall–Kier alpha value is -1.38. The lowest BCUT2D eigenvalue weighted by Gasteiger charge is -2.25. The van der Waals surface area contributed by atoms with Gasteiger partial charge in [0.2, 0.25) is 0 Å². The molecule has 1 atom stereocenters. The number of methoxy groups -OCH3 is 1. The predicted molar refractivity (Wildman–Crippen MR) is 73.2 cm³/mol. The van der Waals surface area contributed by atoms with Crippen molar-refractivity contribution in [2.75, 3.05) is 12.4 Å². The van der Waals surface area contributed by atoms with Crippen molar-refractivity contribution >= 4 is 27.5 Å². The van der Waals surface area contributed by atoms with E-state index in [9.17, 15) is 4.79 Å². The van der Waals surface area contributed by atoms with Gasteiger partial charge in [-0.1, -0.05) is 22.9 Å². The molecule has 0 fully saturated rings. The smallest absolute Gasteiger partial charge is 0.256 e. The van der Waals surface area contributed by atoms with Crippen LogP contribution in [0.15, 0.2) is 22.7 Å². The Morgan fingerprint density at radius 1 is 1.61 bits per heavy atom. The Labute approximate surface area is 115 Å². The molecule has 18 heavy (non-hydrogen) atoms. The first-order valence-electron chi connectivity index (χ1n) is 5.53. The second-order valence-electron chi connectivity index (χ2n) is 4.04. The number of hydrogen-bond acceptors (Lipinski definition) is 3. The van der Waals surface area contributed by atoms with Gasteiger partial charge in [0.1, 0.15) is 11.7 Å². The van der Waals surface area contributed by atoms with E-state index in [0.29, 0.717) is 17.7 Å². The van der Waals surface area contributed by atoms with Crippen molar-refractivity contribution in [1.82, 2.24) is 0 Å². The number of carbonyl (C=O) groups is 1. The number of ether oxygens (including phenoxy) is 1. The summed E-state index contributed by atoms with van der Waals surface area (Å²) < 4.78 is 6.02. The molecule has 0 bridgehead atoms. The highest BCUT2D eigenvalue weighted by Gasteiger charge is 2.31. The van der Waals surface area contributed by atoms with Crippen molar-refractivity contribution < 1.29 is 9.53 Å². The van der Waals surface area contributed by atoms with Gasteiger partial charge < -0.3 is 10.1 Å². The van der Waals surface area contributed by atoms with E-state index < -0.39 is 5.60 Å². The molecule has 1 aromatic rings. The quantitative estimate of drug-likeness (QED) is 0.929. The maximum Gasteiger partial charge on any atom is 0.256 e. The van der Waals surface area contributed by atoms with Crippen molar-refractivity contribution in [3.63, 3.8) is 0 Å². The van der Waals surface area contributed by atoms with Crippen LogP contribution in [-0.2, 0) is 9.53 Å². The number of nitriles is 1. The third kappa shape index (κ3) is 3.09. The fraction of sp³-hybridized carbons (Fsp3) is 0.385. The zero-order chi connectivity index (χ0) is 13.8. The van der Waals surface area contributed by atoms with Crippen LogP contribution in [0, 0.1) is 11.3 Å². The summed E-state index contributed by atoms with van der Waals surface area (Å²) in [5.74, 6) is -0.262. The van der Waals surface area contributed by atoms with Crippen LogP contribution in [0.2, 0.25) is 0 Å². The normalized spacial score (nSPS) is 13.5. The molecule has 0 saturated carbocycles. The van der Waals surface area contributed by atoms with E-state index in [-0.39, 0.29) is 5.91 Å². The summed E-state index contributed by atoms with van der Waals surface area (Å²) in [6, 6.07) is 7.14. The third-order valence-electron chi connectivity index (χ3n) is 2.96. The Bertz CT molecular complexity index is 490. The first-order valence-corrected chi connectivity index (χ1v) is 6.32. The number of nitrogens with zero attached hydrogens (tertiary/aromatic N) is 1. The van der Waals surface area contributed by atoms with E-state index in [0.717, 1.165) is 4.47 Å². The molecule has 1 aromatic carbocycles. The van der Waals surface area contributed by atoms with E-state index in [1.807, 2.05) is 13.0 Å². The molecule has 96 valence electrons.